The Kier molecular flexibility index (Phi) is 14.2. The first-order chi connectivity index (χ1) is 27.0. The first-order valence-corrected chi connectivity index (χ1v) is 15.8. The van der Waals surface area contributed by atoms with Crippen LogP contribution in [0.25, 0.3) is 35.2 Å². The van der Waals surface area contributed by atoms with Crippen molar-refractivity contribution in [2.75, 3.05) is 10.9 Å². The van der Waals surface area contributed by atoms with E-state index < -0.39 is 35.4 Å². The molecule has 0 aliphatic carbocycles. The Morgan fingerprint density at radius 2 is 1.16 bits per heavy atom. The van der Waals surface area contributed by atoms with Gasteiger partial charge in [0.05, 0.1) is 23.5 Å². The monoisotopic (exact) mass is 796 g/mol. The number of nitrogen functional groups attached to an aromatic ring is 1. The van der Waals surface area contributed by atoms with Crippen molar-refractivity contribution in [3.05, 3.63) is 121 Å². The van der Waals surface area contributed by atoms with Crippen LogP contribution in [-0.4, -0.2) is 66.4 Å². The number of aromatic nitrogens is 10. The normalized spacial score (nSPS) is 11.3. The van der Waals surface area contributed by atoms with Crippen molar-refractivity contribution < 1.29 is 41.0 Å². The van der Waals surface area contributed by atoms with E-state index in [9.17, 15) is 35.9 Å². The van der Waals surface area contributed by atoms with Crippen LogP contribution < -0.4 is 22.1 Å². The minimum Gasteiger partial charge on any atom is -0.478 e. The number of rotatable bonds is 9. The minimum absolute atomic E-state index is 0.0826. The number of aryl methyl sites for hydroxylation is 2. The van der Waals surface area contributed by atoms with Crippen molar-refractivity contribution in [1.82, 2.24) is 54.9 Å². The average Bonchev–Trinajstić information content (AvgIpc) is 3.86. The molecule has 1 amide bonds. The van der Waals surface area contributed by atoms with E-state index in [2.05, 4.69) is 56.4 Å². The summed E-state index contributed by atoms with van der Waals surface area (Å²) >= 11 is 0. The highest BCUT2D eigenvalue weighted by atomic mass is 19.4. The lowest BCUT2D eigenvalue weighted by molar-refractivity contribution is -0.138. The van der Waals surface area contributed by atoms with Gasteiger partial charge in [-0.15, -0.1) is 10.2 Å². The van der Waals surface area contributed by atoms with Gasteiger partial charge in [0.15, 0.2) is 23.3 Å². The number of anilines is 2. The Morgan fingerprint density at radius 3 is 1.56 bits per heavy atom. The second kappa shape index (κ2) is 19.2. The number of carboxylic acids is 1. The zero-order valence-electron chi connectivity index (χ0n) is 29.5. The SMILES string of the molecule is Cc1cc(-c2ncn(/C=C\C(=O)NNc3cnccn3)n2)cc(C(F)(F)F)c1.Cc1cc(-c2ncn(/C=C\C(=O)O)n2)cc(C(F)(F)F)c1.NNc1cnccn1. The molecular weight excluding hydrogens is 766 g/mol. The highest BCUT2D eigenvalue weighted by Crippen LogP contribution is 2.33. The van der Waals surface area contributed by atoms with E-state index in [0.717, 1.165) is 41.2 Å². The molecule has 0 radical (unpaired) electrons. The number of carboxylic acid groups (broad SMARTS) is 1. The maximum Gasteiger partial charge on any atom is 0.416 e. The van der Waals surface area contributed by atoms with E-state index in [4.69, 9.17) is 10.9 Å². The molecule has 296 valence electrons. The Labute approximate surface area is 318 Å². The Hall–Kier alpha value is -7.56. The van der Waals surface area contributed by atoms with Crippen molar-refractivity contribution in [1.29, 1.82) is 0 Å². The van der Waals surface area contributed by atoms with E-state index in [1.165, 1.54) is 54.3 Å². The molecular formula is C34H30F6N14O3. The van der Waals surface area contributed by atoms with Crippen LogP contribution in [0.4, 0.5) is 38.0 Å². The fraction of sp³-hybridized carbons (Fsp3) is 0.118. The molecule has 57 heavy (non-hydrogen) atoms. The predicted octanol–water partition coefficient (Wildman–Crippen LogP) is 5.27. The average molecular weight is 797 g/mol. The molecule has 17 nitrogen and oxygen atoms in total. The summed E-state index contributed by atoms with van der Waals surface area (Å²) in [5.74, 6) is 4.45. The minimum atomic E-state index is -4.46. The first-order valence-electron chi connectivity index (χ1n) is 15.8. The van der Waals surface area contributed by atoms with Gasteiger partial charge < -0.3 is 10.5 Å². The van der Waals surface area contributed by atoms with Gasteiger partial charge in [0.25, 0.3) is 5.91 Å². The van der Waals surface area contributed by atoms with Crippen molar-refractivity contribution in [3.63, 3.8) is 0 Å². The molecule has 0 aliphatic heterocycles. The summed E-state index contributed by atoms with van der Waals surface area (Å²) in [7, 11) is 0. The van der Waals surface area contributed by atoms with Gasteiger partial charge in [-0.25, -0.2) is 39.9 Å². The number of halogens is 6. The molecule has 0 unspecified atom stereocenters. The molecule has 4 heterocycles. The number of amides is 1. The van der Waals surface area contributed by atoms with E-state index in [1.54, 1.807) is 38.5 Å². The second-order valence-electron chi connectivity index (χ2n) is 11.2. The van der Waals surface area contributed by atoms with Crippen LogP contribution in [0.2, 0.25) is 0 Å². The topological polar surface area (TPSA) is 229 Å². The van der Waals surface area contributed by atoms with Crippen molar-refractivity contribution in [2.45, 2.75) is 26.2 Å². The number of benzene rings is 2. The van der Waals surface area contributed by atoms with Crippen molar-refractivity contribution in [3.8, 4) is 22.8 Å². The molecule has 6 N–H and O–H groups in total. The zero-order valence-corrected chi connectivity index (χ0v) is 29.5. The van der Waals surface area contributed by atoms with Gasteiger partial charge in [0, 0.05) is 60.5 Å². The van der Waals surface area contributed by atoms with Crippen molar-refractivity contribution >= 4 is 35.9 Å². The van der Waals surface area contributed by atoms with Gasteiger partial charge >= 0.3 is 18.3 Å². The Bertz CT molecular complexity index is 2310. The smallest absolute Gasteiger partial charge is 0.416 e. The molecule has 0 spiro atoms. The van der Waals surface area contributed by atoms with Crippen LogP contribution in [0.1, 0.15) is 22.3 Å². The third kappa shape index (κ3) is 13.7. The summed E-state index contributed by atoms with van der Waals surface area (Å²) < 4.78 is 79.5. The summed E-state index contributed by atoms with van der Waals surface area (Å²) in [6, 6.07) is 7.09. The van der Waals surface area contributed by atoms with Gasteiger partial charge in [-0.1, -0.05) is 0 Å². The van der Waals surface area contributed by atoms with E-state index in [0.29, 0.717) is 22.8 Å². The van der Waals surface area contributed by atoms with Crippen LogP contribution >= 0.6 is 0 Å². The van der Waals surface area contributed by atoms with Crippen molar-refractivity contribution in [2.24, 2.45) is 5.84 Å². The number of nitrogens with one attached hydrogen (secondary N) is 3. The largest absolute Gasteiger partial charge is 0.478 e. The van der Waals surface area contributed by atoms with Crippen LogP contribution in [0.15, 0.2) is 98.4 Å². The molecule has 4 aromatic heterocycles. The van der Waals surface area contributed by atoms with Gasteiger partial charge in [0.2, 0.25) is 0 Å². The lowest BCUT2D eigenvalue weighted by atomic mass is 10.1. The van der Waals surface area contributed by atoms with E-state index in [1.807, 2.05) is 0 Å². The molecule has 0 saturated carbocycles. The first kappa shape index (κ1) is 42.2. The molecule has 0 aliphatic rings. The van der Waals surface area contributed by atoms with E-state index >= 15 is 0 Å². The molecule has 6 aromatic rings. The molecule has 0 bridgehead atoms. The number of carbonyl (C=O) groups is 2. The number of nitrogens with two attached hydrogens (primary N) is 1. The van der Waals surface area contributed by atoms with Crippen LogP contribution in [0.3, 0.4) is 0 Å². The van der Waals surface area contributed by atoms with Gasteiger partial charge in [0.1, 0.15) is 12.7 Å². The molecule has 0 atom stereocenters. The molecule has 6 rings (SSSR count). The number of hydrogen-bond donors (Lipinski definition) is 5. The number of alkyl halides is 6. The number of nitrogens with zero attached hydrogens (tertiary/aromatic N) is 10. The highest BCUT2D eigenvalue weighted by Gasteiger charge is 2.32. The number of hydrogen-bond acceptors (Lipinski definition) is 13. The maximum absolute atomic E-state index is 13.0. The lowest BCUT2D eigenvalue weighted by Gasteiger charge is -2.09. The summed E-state index contributed by atoms with van der Waals surface area (Å²) in [5, 5.41) is 16.5. The van der Waals surface area contributed by atoms with Crippen LogP contribution in [-0.2, 0) is 21.9 Å². The molecule has 2 aromatic carbocycles. The Morgan fingerprint density at radius 1 is 0.684 bits per heavy atom. The number of carbonyl (C=O) groups excluding carboxylic acids is 1. The fourth-order valence-corrected chi connectivity index (χ4v) is 4.30. The van der Waals surface area contributed by atoms with Crippen LogP contribution in [0.5, 0.6) is 0 Å². The molecule has 0 saturated heterocycles. The maximum atomic E-state index is 13.0. The molecule has 0 fully saturated rings. The predicted molar refractivity (Wildman–Crippen MR) is 192 cm³/mol. The van der Waals surface area contributed by atoms with E-state index in [-0.39, 0.29) is 22.8 Å². The number of aliphatic carboxylic acids is 1. The number of hydrazine groups is 2. The second-order valence-corrected chi connectivity index (χ2v) is 11.2. The summed E-state index contributed by atoms with van der Waals surface area (Å²) in [6.45, 7) is 3.10. The van der Waals surface area contributed by atoms with Gasteiger partial charge in [-0.05, 0) is 61.4 Å². The summed E-state index contributed by atoms with van der Waals surface area (Å²) in [4.78, 5) is 45.3. The molecule has 23 heteroatoms. The third-order valence-electron chi connectivity index (χ3n) is 6.68. The Balaban J connectivity index is 0.000000217. The highest BCUT2D eigenvalue weighted by molar-refractivity contribution is 5.90. The quantitative estimate of drug-likeness (QED) is 0.0544. The standard InChI is InChI=1S/C17H14F3N7O.C13H10F3N3O2.C4H6N4/c1-11-6-12(8-13(7-11)17(18,19)20)16-23-10-27(26-16)5-2-15(28)25-24-14-9-21-3-4-22-14;1-8-4-9(6-10(5-8)13(14,15)16)12-17-7-19(18-12)3-2-11(20)21;5-8-4-3-6-1-2-7-4/h2-10H,1H3,(H,22,24)(H,25,28);2-7H,1H3,(H,20,21);1-3H,5H2,(H,7,8)/b5-2-;3-2-;. The zero-order chi connectivity index (χ0) is 41.6. The van der Waals surface area contributed by atoms with Crippen LogP contribution in [0, 0.1) is 13.8 Å². The summed E-state index contributed by atoms with van der Waals surface area (Å²) in [6.07, 6.45) is 7.09. The fourth-order valence-electron chi connectivity index (χ4n) is 4.30. The van der Waals surface area contributed by atoms with Gasteiger partial charge in [-0.2, -0.15) is 26.3 Å². The lowest BCUT2D eigenvalue weighted by Crippen LogP contribution is -2.28. The summed E-state index contributed by atoms with van der Waals surface area (Å²) in [5.41, 5.74) is 7.04. The third-order valence-corrected chi connectivity index (χ3v) is 6.68. The van der Waals surface area contributed by atoms with Gasteiger partial charge in [-0.3, -0.25) is 25.6 Å².